The summed E-state index contributed by atoms with van der Waals surface area (Å²) >= 11 is 12.3. The minimum absolute atomic E-state index is 0. The first-order valence-electron chi connectivity index (χ1n) is 9.14. The standard InChI is InChI=1S/C21H23Cl2N2O.BrH/c1-15-6-5-7-17(12-15)24-14-21(26,16-9-10-18(22)19(23)13-16)25-11-4-2-3-8-20(24)25;/h5-7,9-10,12-13,26H,2-4,8,11,14H2,1H3;1H/q+1;/p-1. The molecular formula is C21H23BrCl2N2O. The number of hydrogen-bond donors (Lipinski definition) is 1. The van der Waals surface area contributed by atoms with Gasteiger partial charge in [0.15, 0.2) is 6.54 Å². The topological polar surface area (TPSA) is 26.5 Å². The number of nitrogens with zero attached hydrogens (tertiary/aromatic N) is 2. The van der Waals surface area contributed by atoms with Crippen molar-refractivity contribution >= 4 is 34.7 Å². The monoisotopic (exact) mass is 468 g/mol. The van der Waals surface area contributed by atoms with Gasteiger partial charge in [-0.1, -0.05) is 41.4 Å². The van der Waals surface area contributed by atoms with Gasteiger partial charge >= 0.3 is 0 Å². The molecular weight excluding hydrogens is 447 g/mol. The number of halogens is 3. The molecule has 0 aliphatic carbocycles. The summed E-state index contributed by atoms with van der Waals surface area (Å²) in [6.45, 7) is 3.43. The van der Waals surface area contributed by atoms with Gasteiger partial charge in [0, 0.05) is 12.0 Å². The maximum atomic E-state index is 11.8. The Morgan fingerprint density at radius 3 is 2.59 bits per heavy atom. The van der Waals surface area contributed by atoms with Gasteiger partial charge in [-0.2, -0.15) is 0 Å². The molecule has 1 unspecified atom stereocenters. The molecule has 0 aromatic heterocycles. The van der Waals surface area contributed by atoms with Crippen LogP contribution in [0.1, 0.15) is 36.8 Å². The van der Waals surface area contributed by atoms with E-state index in [2.05, 4.69) is 40.7 Å². The highest BCUT2D eigenvalue weighted by Gasteiger charge is 2.52. The fourth-order valence-electron chi connectivity index (χ4n) is 4.10. The van der Waals surface area contributed by atoms with Crippen LogP contribution in [0.15, 0.2) is 42.5 Å². The van der Waals surface area contributed by atoms with E-state index in [0.29, 0.717) is 16.6 Å². The first-order valence-corrected chi connectivity index (χ1v) is 9.90. The Morgan fingerprint density at radius 1 is 1.04 bits per heavy atom. The van der Waals surface area contributed by atoms with Crippen LogP contribution < -0.4 is 21.9 Å². The van der Waals surface area contributed by atoms with E-state index in [4.69, 9.17) is 23.2 Å². The van der Waals surface area contributed by atoms with Crippen LogP contribution in [0.3, 0.4) is 0 Å². The predicted molar refractivity (Wildman–Crippen MR) is 107 cm³/mol. The Kier molecular flexibility index (Phi) is 6.21. The molecule has 1 N–H and O–H groups in total. The summed E-state index contributed by atoms with van der Waals surface area (Å²) in [4.78, 5) is 2.26. The highest BCUT2D eigenvalue weighted by molar-refractivity contribution is 6.42. The van der Waals surface area contributed by atoms with E-state index in [9.17, 15) is 5.11 Å². The fourth-order valence-corrected chi connectivity index (χ4v) is 4.40. The molecule has 6 heteroatoms. The molecule has 2 aliphatic rings. The van der Waals surface area contributed by atoms with Crippen LogP contribution in [0.2, 0.25) is 10.0 Å². The van der Waals surface area contributed by atoms with Crippen LogP contribution in [0.4, 0.5) is 5.69 Å². The number of amidine groups is 1. The van der Waals surface area contributed by atoms with Crippen molar-refractivity contribution in [1.29, 1.82) is 0 Å². The van der Waals surface area contributed by atoms with Crippen molar-refractivity contribution in [3.63, 3.8) is 0 Å². The number of benzene rings is 2. The van der Waals surface area contributed by atoms with Crippen LogP contribution >= 0.6 is 23.2 Å². The smallest absolute Gasteiger partial charge is 0.271 e. The zero-order valence-corrected chi connectivity index (χ0v) is 18.4. The van der Waals surface area contributed by atoms with Crippen molar-refractivity contribution in [2.75, 3.05) is 18.0 Å². The largest absolute Gasteiger partial charge is 1.00 e. The second-order valence-electron chi connectivity index (χ2n) is 7.25. The average Bonchev–Trinajstić information content (AvgIpc) is 2.77. The number of anilines is 1. The lowest BCUT2D eigenvalue weighted by molar-refractivity contribution is -0.658. The van der Waals surface area contributed by atoms with Gasteiger partial charge in [0.1, 0.15) is 5.69 Å². The second-order valence-corrected chi connectivity index (χ2v) is 8.06. The maximum absolute atomic E-state index is 11.8. The molecule has 0 saturated heterocycles. The van der Waals surface area contributed by atoms with Gasteiger partial charge in [0.2, 0.25) is 0 Å². The van der Waals surface area contributed by atoms with Gasteiger partial charge in [-0.3, -0.25) is 0 Å². The summed E-state index contributed by atoms with van der Waals surface area (Å²) in [5.41, 5.74) is 2.04. The number of hydrogen-bond acceptors (Lipinski definition) is 2. The molecule has 1 atom stereocenters. The molecule has 2 heterocycles. The predicted octanol–water partition coefficient (Wildman–Crippen LogP) is 1.96. The SMILES string of the molecule is Cc1cccc(N2CC(O)(c3ccc(Cl)c(Cl)c3)[N+]3=C2CCCCC3)c1.[Br-]. The van der Waals surface area contributed by atoms with Crippen LogP contribution in [0, 0.1) is 6.92 Å². The average molecular weight is 470 g/mol. The molecule has 0 radical (unpaired) electrons. The Hall–Kier alpha value is -1.07. The van der Waals surface area contributed by atoms with Crippen molar-refractivity contribution in [2.24, 2.45) is 0 Å². The summed E-state index contributed by atoms with van der Waals surface area (Å²) < 4.78 is 2.17. The third-order valence-corrected chi connectivity index (χ3v) is 6.16. The molecule has 4 rings (SSSR count). The summed E-state index contributed by atoms with van der Waals surface area (Å²) in [5, 5.41) is 12.7. The molecule has 0 amide bonds. The van der Waals surface area contributed by atoms with E-state index in [0.717, 1.165) is 37.1 Å². The lowest BCUT2D eigenvalue weighted by atomic mass is 10.0. The Bertz CT molecular complexity index is 886. The zero-order valence-electron chi connectivity index (χ0n) is 15.3. The Balaban J connectivity index is 0.00000210. The highest BCUT2D eigenvalue weighted by atomic mass is 79.9. The quantitative estimate of drug-likeness (QED) is 0.680. The number of β-amino-alcohol motifs (C(OH)–C–C–N with tert-alkyl or cyclic N) is 1. The first kappa shape index (κ1) is 20.7. The third-order valence-electron chi connectivity index (χ3n) is 5.43. The molecule has 2 aromatic rings. The molecule has 3 nitrogen and oxygen atoms in total. The van der Waals surface area contributed by atoms with Gasteiger partial charge in [0.05, 0.1) is 16.6 Å². The van der Waals surface area contributed by atoms with Gasteiger partial charge in [0.25, 0.3) is 11.6 Å². The van der Waals surface area contributed by atoms with Crippen LogP contribution in [-0.2, 0) is 5.72 Å². The van der Waals surface area contributed by atoms with E-state index in [1.807, 2.05) is 6.07 Å². The van der Waals surface area contributed by atoms with E-state index in [1.165, 1.54) is 17.8 Å². The van der Waals surface area contributed by atoms with Crippen LogP contribution in [0.5, 0.6) is 0 Å². The van der Waals surface area contributed by atoms with Crippen molar-refractivity contribution in [2.45, 2.75) is 38.3 Å². The van der Waals surface area contributed by atoms with E-state index in [1.54, 1.807) is 12.1 Å². The third kappa shape index (κ3) is 3.77. The molecule has 0 bridgehead atoms. The van der Waals surface area contributed by atoms with Crippen LogP contribution in [-0.4, -0.2) is 28.6 Å². The van der Waals surface area contributed by atoms with Gasteiger partial charge in [-0.25, -0.2) is 9.48 Å². The number of aryl methyl sites for hydroxylation is 1. The first-order chi connectivity index (χ1) is 12.5. The minimum atomic E-state index is -1.10. The second kappa shape index (κ2) is 8.12. The fraction of sp³-hybridized carbons (Fsp3) is 0.381. The number of rotatable bonds is 2. The maximum Gasteiger partial charge on any atom is 0.271 e. The molecule has 2 aromatic carbocycles. The lowest BCUT2D eigenvalue weighted by Gasteiger charge is -2.24. The molecule has 0 fully saturated rings. The van der Waals surface area contributed by atoms with Crippen molar-refractivity contribution in [1.82, 2.24) is 0 Å². The normalized spacial score (nSPS) is 22.3. The zero-order chi connectivity index (χ0) is 18.3. The Morgan fingerprint density at radius 2 is 1.85 bits per heavy atom. The summed E-state index contributed by atoms with van der Waals surface area (Å²) in [6.07, 6.45) is 4.37. The lowest BCUT2D eigenvalue weighted by Crippen LogP contribution is -3.00. The highest BCUT2D eigenvalue weighted by Crippen LogP contribution is 2.37. The van der Waals surface area contributed by atoms with E-state index < -0.39 is 5.72 Å². The molecule has 0 saturated carbocycles. The molecule has 0 spiro atoms. The molecule has 144 valence electrons. The van der Waals surface area contributed by atoms with Crippen molar-refractivity contribution in [3.8, 4) is 0 Å². The molecule has 27 heavy (non-hydrogen) atoms. The Labute approximate surface area is 181 Å². The summed E-state index contributed by atoms with van der Waals surface area (Å²) in [5.74, 6) is 1.20. The van der Waals surface area contributed by atoms with Gasteiger partial charge in [-0.15, -0.1) is 0 Å². The van der Waals surface area contributed by atoms with Gasteiger partial charge < -0.3 is 22.1 Å². The van der Waals surface area contributed by atoms with Crippen molar-refractivity contribution in [3.05, 3.63) is 63.6 Å². The summed E-state index contributed by atoms with van der Waals surface area (Å²) in [7, 11) is 0. The van der Waals surface area contributed by atoms with E-state index in [-0.39, 0.29) is 17.0 Å². The summed E-state index contributed by atoms with van der Waals surface area (Å²) in [6, 6.07) is 13.9. The number of aliphatic hydroxyl groups is 1. The molecule has 2 aliphatic heterocycles. The minimum Gasteiger partial charge on any atom is -1.00 e. The van der Waals surface area contributed by atoms with E-state index >= 15 is 0 Å². The van der Waals surface area contributed by atoms with Crippen molar-refractivity contribution < 1.29 is 26.7 Å². The van der Waals surface area contributed by atoms with Gasteiger partial charge in [-0.05, 0) is 56.0 Å². The van der Waals surface area contributed by atoms with Crippen LogP contribution in [0.25, 0.3) is 0 Å².